The van der Waals surface area contributed by atoms with Crippen LogP contribution in [0.3, 0.4) is 0 Å². The maximum absolute atomic E-state index is 11.4. The molecule has 0 aliphatic carbocycles. The van der Waals surface area contributed by atoms with Gasteiger partial charge in [0, 0.05) is 11.9 Å². The molecule has 0 radical (unpaired) electrons. The Bertz CT molecular complexity index is 916. The van der Waals surface area contributed by atoms with Gasteiger partial charge in [-0.3, -0.25) is 10.1 Å². The molecule has 0 spiro atoms. The first-order valence-corrected chi connectivity index (χ1v) is 7.69. The average molecular weight is 352 g/mol. The highest BCUT2D eigenvalue weighted by molar-refractivity contribution is 5.69. The number of aromatic nitrogens is 3. The molecule has 0 saturated carbocycles. The van der Waals surface area contributed by atoms with Gasteiger partial charge in [-0.1, -0.05) is 6.07 Å². The summed E-state index contributed by atoms with van der Waals surface area (Å²) in [6.45, 7) is 1.56. The summed E-state index contributed by atoms with van der Waals surface area (Å²) in [5.41, 5.74) is 0.683. The average Bonchev–Trinajstić information content (AvgIpc) is 2.62. The summed E-state index contributed by atoms with van der Waals surface area (Å²) in [6.07, 6.45) is 1.62. The van der Waals surface area contributed by atoms with Gasteiger partial charge < -0.3 is 15.4 Å². The van der Waals surface area contributed by atoms with Crippen molar-refractivity contribution in [1.29, 1.82) is 0 Å². The number of aryl methyl sites for hydroxylation is 1. The van der Waals surface area contributed by atoms with E-state index in [1.807, 2.05) is 6.07 Å². The third kappa shape index (κ3) is 3.83. The van der Waals surface area contributed by atoms with Crippen molar-refractivity contribution in [3.8, 4) is 5.75 Å². The van der Waals surface area contributed by atoms with Crippen LogP contribution in [0.1, 0.15) is 5.69 Å². The van der Waals surface area contributed by atoms with Crippen LogP contribution in [-0.2, 0) is 0 Å². The second-order valence-corrected chi connectivity index (χ2v) is 5.28. The molecule has 2 N–H and O–H groups in total. The molecule has 1 aromatic carbocycles. The van der Waals surface area contributed by atoms with Crippen molar-refractivity contribution in [3.05, 3.63) is 64.5 Å². The number of hydrogen-bond acceptors (Lipinski definition) is 8. The van der Waals surface area contributed by atoms with Crippen LogP contribution in [-0.4, -0.2) is 27.0 Å². The van der Waals surface area contributed by atoms with Crippen molar-refractivity contribution in [2.24, 2.45) is 0 Å². The lowest BCUT2D eigenvalue weighted by atomic mass is 10.3. The minimum Gasteiger partial charge on any atom is -0.497 e. The predicted molar refractivity (Wildman–Crippen MR) is 97.2 cm³/mol. The minimum atomic E-state index is -0.508. The predicted octanol–water partition coefficient (Wildman–Crippen LogP) is 3.58. The molecule has 0 aliphatic heterocycles. The van der Waals surface area contributed by atoms with Gasteiger partial charge in [0.15, 0.2) is 0 Å². The lowest BCUT2D eigenvalue weighted by Crippen LogP contribution is -2.07. The Labute approximate surface area is 149 Å². The van der Waals surface area contributed by atoms with Gasteiger partial charge in [0.25, 0.3) is 0 Å². The summed E-state index contributed by atoms with van der Waals surface area (Å²) in [5.74, 6) is 1.52. The van der Waals surface area contributed by atoms with Crippen LogP contribution in [0.15, 0.2) is 48.7 Å². The van der Waals surface area contributed by atoms with Crippen molar-refractivity contribution in [2.45, 2.75) is 6.92 Å². The van der Waals surface area contributed by atoms with Crippen molar-refractivity contribution in [3.63, 3.8) is 0 Å². The molecule has 26 heavy (non-hydrogen) atoms. The second kappa shape index (κ2) is 7.43. The van der Waals surface area contributed by atoms with Crippen LogP contribution in [0, 0.1) is 17.0 Å². The zero-order valence-corrected chi connectivity index (χ0v) is 14.1. The number of nitrogens with one attached hydrogen (secondary N) is 2. The van der Waals surface area contributed by atoms with E-state index < -0.39 is 4.92 Å². The van der Waals surface area contributed by atoms with E-state index in [0.29, 0.717) is 17.3 Å². The van der Waals surface area contributed by atoms with Crippen LogP contribution in [0.5, 0.6) is 5.75 Å². The summed E-state index contributed by atoms with van der Waals surface area (Å²) < 4.78 is 5.11. The van der Waals surface area contributed by atoms with E-state index in [1.54, 1.807) is 56.6 Å². The zero-order valence-electron chi connectivity index (χ0n) is 14.1. The largest absolute Gasteiger partial charge is 0.497 e. The van der Waals surface area contributed by atoms with E-state index in [-0.39, 0.29) is 23.1 Å². The highest BCUT2D eigenvalue weighted by Crippen LogP contribution is 2.30. The van der Waals surface area contributed by atoms with Crippen molar-refractivity contribution < 1.29 is 9.66 Å². The summed E-state index contributed by atoms with van der Waals surface area (Å²) in [7, 11) is 1.57. The van der Waals surface area contributed by atoms with E-state index in [1.165, 1.54) is 0 Å². The van der Waals surface area contributed by atoms with E-state index in [2.05, 4.69) is 25.6 Å². The summed E-state index contributed by atoms with van der Waals surface area (Å²) in [4.78, 5) is 23.5. The van der Waals surface area contributed by atoms with E-state index in [0.717, 1.165) is 0 Å². The standard InChI is InChI=1S/C17H16N6O3/c1-11-15(23(24)25)16(20-12-6-8-13(26-2)9-7-12)22-17(19-11)21-14-5-3-4-10-18-14/h3-10H,1-2H3,(H2,18,19,20,21,22). The molecule has 0 fully saturated rings. The van der Waals surface area contributed by atoms with Crippen LogP contribution >= 0.6 is 0 Å². The summed E-state index contributed by atoms with van der Waals surface area (Å²) in [6, 6.07) is 12.3. The van der Waals surface area contributed by atoms with Gasteiger partial charge in [-0.2, -0.15) is 4.98 Å². The van der Waals surface area contributed by atoms with Crippen molar-refractivity contribution in [1.82, 2.24) is 15.0 Å². The number of hydrogen-bond donors (Lipinski definition) is 2. The number of ether oxygens (including phenoxy) is 1. The molecular formula is C17H16N6O3. The fraction of sp³-hybridized carbons (Fsp3) is 0.118. The van der Waals surface area contributed by atoms with Crippen molar-refractivity contribution in [2.75, 3.05) is 17.7 Å². The second-order valence-electron chi connectivity index (χ2n) is 5.28. The normalized spacial score (nSPS) is 10.2. The number of nitrogens with zero attached hydrogens (tertiary/aromatic N) is 4. The number of rotatable bonds is 6. The van der Waals surface area contributed by atoms with Crippen molar-refractivity contribution >= 4 is 29.0 Å². The maximum atomic E-state index is 11.4. The molecule has 0 saturated heterocycles. The van der Waals surface area contributed by atoms with Gasteiger partial charge in [-0.05, 0) is 43.3 Å². The Morgan fingerprint density at radius 1 is 1.08 bits per heavy atom. The topological polar surface area (TPSA) is 115 Å². The van der Waals surface area contributed by atoms with Gasteiger partial charge in [-0.15, -0.1) is 0 Å². The molecule has 9 nitrogen and oxygen atoms in total. The number of pyridine rings is 1. The Kier molecular flexibility index (Phi) is 4.88. The van der Waals surface area contributed by atoms with E-state index in [4.69, 9.17) is 4.74 Å². The molecule has 3 rings (SSSR count). The third-order valence-electron chi connectivity index (χ3n) is 3.50. The first-order chi connectivity index (χ1) is 12.6. The smallest absolute Gasteiger partial charge is 0.332 e. The first kappa shape index (κ1) is 17.1. The Morgan fingerprint density at radius 3 is 2.46 bits per heavy atom. The Balaban J connectivity index is 1.96. The van der Waals surface area contributed by atoms with Gasteiger partial charge in [-0.25, -0.2) is 9.97 Å². The Hall–Kier alpha value is -3.75. The van der Waals surface area contributed by atoms with Crippen LogP contribution < -0.4 is 15.4 Å². The highest BCUT2D eigenvalue weighted by Gasteiger charge is 2.22. The van der Waals surface area contributed by atoms with E-state index >= 15 is 0 Å². The molecule has 2 aromatic heterocycles. The van der Waals surface area contributed by atoms with Crippen LogP contribution in [0.4, 0.5) is 29.0 Å². The molecule has 0 bridgehead atoms. The quantitative estimate of drug-likeness (QED) is 0.511. The van der Waals surface area contributed by atoms with E-state index in [9.17, 15) is 10.1 Å². The maximum Gasteiger partial charge on any atom is 0.332 e. The SMILES string of the molecule is COc1ccc(Nc2nc(Nc3ccccn3)nc(C)c2[N+](=O)[O-])cc1. The molecule has 3 aromatic rings. The zero-order chi connectivity index (χ0) is 18.5. The third-order valence-corrected chi connectivity index (χ3v) is 3.50. The number of nitro groups is 1. The van der Waals surface area contributed by atoms with Gasteiger partial charge >= 0.3 is 5.69 Å². The summed E-state index contributed by atoms with van der Waals surface area (Å²) >= 11 is 0. The molecule has 2 heterocycles. The fourth-order valence-electron chi connectivity index (χ4n) is 2.29. The summed E-state index contributed by atoms with van der Waals surface area (Å²) in [5, 5.41) is 17.3. The number of benzene rings is 1. The number of methoxy groups -OCH3 is 1. The van der Waals surface area contributed by atoms with Gasteiger partial charge in [0.1, 0.15) is 17.3 Å². The highest BCUT2D eigenvalue weighted by atomic mass is 16.6. The molecule has 0 atom stereocenters. The minimum absolute atomic E-state index is 0.0890. The lowest BCUT2D eigenvalue weighted by Gasteiger charge is -2.11. The monoisotopic (exact) mass is 352 g/mol. The molecule has 0 aliphatic rings. The first-order valence-electron chi connectivity index (χ1n) is 7.69. The molecule has 9 heteroatoms. The number of anilines is 4. The molecule has 0 amide bonds. The molecular weight excluding hydrogens is 336 g/mol. The molecule has 0 unspecified atom stereocenters. The Morgan fingerprint density at radius 2 is 1.85 bits per heavy atom. The van der Waals surface area contributed by atoms with Crippen LogP contribution in [0.25, 0.3) is 0 Å². The van der Waals surface area contributed by atoms with Gasteiger partial charge in [0.2, 0.25) is 11.8 Å². The molecule has 132 valence electrons. The fourth-order valence-corrected chi connectivity index (χ4v) is 2.29. The van der Waals surface area contributed by atoms with Gasteiger partial charge in [0.05, 0.1) is 12.0 Å². The lowest BCUT2D eigenvalue weighted by molar-refractivity contribution is -0.385. The van der Waals surface area contributed by atoms with Crippen LogP contribution in [0.2, 0.25) is 0 Å².